The van der Waals surface area contributed by atoms with Crippen molar-refractivity contribution >= 4 is 0 Å². The van der Waals surface area contributed by atoms with Crippen LogP contribution in [0.5, 0.6) is 0 Å². The molecule has 1 N–H and O–H groups in total. The first kappa shape index (κ1) is 15.9. The number of nitrogens with zero attached hydrogens (tertiary/aromatic N) is 1. The number of ether oxygens (including phenoxy) is 2. The fraction of sp³-hybridized carbons (Fsp3) is 1.00. The number of hydrogen-bond donors (Lipinski definition) is 1. The van der Waals surface area contributed by atoms with Crippen LogP contribution in [-0.2, 0) is 9.47 Å². The third-order valence-corrected chi connectivity index (χ3v) is 3.64. The van der Waals surface area contributed by atoms with Crippen molar-refractivity contribution in [3.05, 3.63) is 0 Å². The van der Waals surface area contributed by atoms with E-state index >= 15 is 0 Å². The molecule has 1 aliphatic heterocycles. The van der Waals surface area contributed by atoms with Gasteiger partial charge < -0.3 is 14.6 Å². The molecule has 3 atom stereocenters. The Labute approximate surface area is 111 Å². The van der Waals surface area contributed by atoms with Crippen molar-refractivity contribution in [3.63, 3.8) is 0 Å². The number of aliphatic hydroxyl groups excluding tert-OH is 1. The third-order valence-electron chi connectivity index (χ3n) is 3.64. The summed E-state index contributed by atoms with van der Waals surface area (Å²) in [5.41, 5.74) is 0. The summed E-state index contributed by atoms with van der Waals surface area (Å²) in [4.78, 5) is 2.42. The predicted molar refractivity (Wildman–Crippen MR) is 72.8 cm³/mol. The van der Waals surface area contributed by atoms with Crippen molar-refractivity contribution in [1.82, 2.24) is 4.90 Å². The Morgan fingerprint density at radius 1 is 1.33 bits per heavy atom. The van der Waals surface area contributed by atoms with Gasteiger partial charge in [-0.1, -0.05) is 13.3 Å². The van der Waals surface area contributed by atoms with Gasteiger partial charge in [0.05, 0.1) is 25.4 Å². The first-order valence-corrected chi connectivity index (χ1v) is 7.20. The van der Waals surface area contributed by atoms with Crippen LogP contribution in [0.2, 0.25) is 0 Å². The number of piperidine rings is 1. The molecule has 0 saturated carbocycles. The lowest BCUT2D eigenvalue weighted by molar-refractivity contribution is -0.0452. The molecular formula is C14H29NO3. The molecule has 0 aromatic rings. The van der Waals surface area contributed by atoms with Crippen molar-refractivity contribution < 1.29 is 14.6 Å². The van der Waals surface area contributed by atoms with E-state index in [-0.39, 0.29) is 6.10 Å². The molecule has 0 aromatic carbocycles. The van der Waals surface area contributed by atoms with Crippen LogP contribution in [0.1, 0.15) is 39.5 Å². The van der Waals surface area contributed by atoms with E-state index < -0.39 is 6.10 Å². The maximum absolute atomic E-state index is 10.0. The van der Waals surface area contributed by atoms with Gasteiger partial charge in [-0.05, 0) is 32.7 Å². The lowest BCUT2D eigenvalue weighted by Crippen LogP contribution is -2.44. The monoisotopic (exact) mass is 259 g/mol. The van der Waals surface area contributed by atoms with Crippen LogP contribution < -0.4 is 0 Å². The SMILES string of the molecule is CCC1CCCCN1CC(O)COC(C)COC. The summed E-state index contributed by atoms with van der Waals surface area (Å²) >= 11 is 0. The van der Waals surface area contributed by atoms with Gasteiger partial charge in [0.25, 0.3) is 0 Å². The van der Waals surface area contributed by atoms with Crippen molar-refractivity contribution in [2.75, 3.05) is 33.4 Å². The molecular weight excluding hydrogens is 230 g/mol. The Bertz CT molecular complexity index is 213. The molecule has 3 unspecified atom stereocenters. The van der Waals surface area contributed by atoms with Crippen molar-refractivity contribution in [2.24, 2.45) is 0 Å². The first-order chi connectivity index (χ1) is 8.67. The number of aliphatic hydroxyl groups is 1. The van der Waals surface area contributed by atoms with Gasteiger partial charge in [-0.3, -0.25) is 4.90 Å². The van der Waals surface area contributed by atoms with Gasteiger partial charge in [0, 0.05) is 19.7 Å². The molecule has 4 heteroatoms. The van der Waals surface area contributed by atoms with Crippen LogP contribution in [0, 0.1) is 0 Å². The standard InChI is InChI=1S/C14H29NO3/c1-4-13-7-5-6-8-15(13)9-14(16)11-18-12(2)10-17-3/h12-14,16H,4-11H2,1-3H3. The normalized spacial score (nSPS) is 25.0. The largest absolute Gasteiger partial charge is 0.389 e. The molecule has 0 spiro atoms. The minimum Gasteiger partial charge on any atom is -0.389 e. The molecule has 0 bridgehead atoms. The van der Waals surface area contributed by atoms with E-state index in [1.54, 1.807) is 7.11 Å². The molecule has 1 heterocycles. The lowest BCUT2D eigenvalue weighted by Gasteiger charge is -2.36. The van der Waals surface area contributed by atoms with Crippen LogP contribution >= 0.6 is 0 Å². The molecule has 0 aromatic heterocycles. The van der Waals surface area contributed by atoms with Gasteiger partial charge in [0.1, 0.15) is 0 Å². The summed E-state index contributed by atoms with van der Waals surface area (Å²) < 4.78 is 10.6. The Morgan fingerprint density at radius 3 is 2.78 bits per heavy atom. The second-order valence-electron chi connectivity index (χ2n) is 5.31. The Hall–Kier alpha value is -0.160. The van der Waals surface area contributed by atoms with Crippen molar-refractivity contribution in [2.45, 2.75) is 57.8 Å². The number of β-amino-alcohol motifs (C(OH)–C–C–N with tert-alkyl or cyclic N) is 1. The molecule has 4 nitrogen and oxygen atoms in total. The molecule has 1 fully saturated rings. The average Bonchev–Trinajstić information content (AvgIpc) is 2.37. The first-order valence-electron chi connectivity index (χ1n) is 7.20. The van der Waals surface area contributed by atoms with Gasteiger partial charge in [-0.15, -0.1) is 0 Å². The number of hydrogen-bond acceptors (Lipinski definition) is 4. The van der Waals surface area contributed by atoms with Gasteiger partial charge in [-0.2, -0.15) is 0 Å². The van der Waals surface area contributed by atoms with Gasteiger partial charge in [0.15, 0.2) is 0 Å². The minimum absolute atomic E-state index is 0.0491. The van der Waals surface area contributed by atoms with E-state index in [0.717, 1.165) is 13.1 Å². The highest BCUT2D eigenvalue weighted by Crippen LogP contribution is 2.19. The van der Waals surface area contributed by atoms with Gasteiger partial charge in [0.2, 0.25) is 0 Å². The molecule has 18 heavy (non-hydrogen) atoms. The van der Waals surface area contributed by atoms with E-state index in [0.29, 0.717) is 19.3 Å². The van der Waals surface area contributed by atoms with Gasteiger partial charge >= 0.3 is 0 Å². The molecule has 108 valence electrons. The van der Waals surface area contributed by atoms with Crippen LogP contribution in [-0.4, -0.2) is 61.7 Å². The molecule has 0 amide bonds. The van der Waals surface area contributed by atoms with E-state index in [9.17, 15) is 5.11 Å². The zero-order valence-corrected chi connectivity index (χ0v) is 12.1. The quantitative estimate of drug-likeness (QED) is 0.720. The molecule has 0 aliphatic carbocycles. The molecule has 1 saturated heterocycles. The van der Waals surface area contributed by atoms with Crippen molar-refractivity contribution in [1.29, 1.82) is 0 Å². The summed E-state index contributed by atoms with van der Waals surface area (Å²) in [5, 5.41) is 10.0. The Morgan fingerprint density at radius 2 is 2.11 bits per heavy atom. The highest BCUT2D eigenvalue weighted by molar-refractivity contribution is 4.77. The topological polar surface area (TPSA) is 41.9 Å². The number of rotatable bonds is 8. The fourth-order valence-corrected chi connectivity index (χ4v) is 2.64. The molecule has 0 radical (unpaired) electrons. The Kier molecular flexibility index (Phi) is 7.82. The van der Waals surface area contributed by atoms with E-state index in [4.69, 9.17) is 9.47 Å². The highest BCUT2D eigenvalue weighted by Gasteiger charge is 2.23. The zero-order valence-electron chi connectivity index (χ0n) is 12.1. The maximum Gasteiger partial charge on any atom is 0.0900 e. The smallest absolute Gasteiger partial charge is 0.0900 e. The number of likely N-dealkylation sites (tertiary alicyclic amines) is 1. The maximum atomic E-state index is 10.0. The van der Waals surface area contributed by atoms with Crippen molar-refractivity contribution in [3.8, 4) is 0 Å². The summed E-state index contributed by atoms with van der Waals surface area (Å²) in [6.07, 6.45) is 4.68. The zero-order chi connectivity index (χ0) is 13.4. The second kappa shape index (κ2) is 8.86. The van der Waals surface area contributed by atoms with Crippen LogP contribution in [0.3, 0.4) is 0 Å². The van der Waals surface area contributed by atoms with E-state index in [2.05, 4.69) is 11.8 Å². The van der Waals surface area contributed by atoms with Crippen LogP contribution in [0.15, 0.2) is 0 Å². The molecule has 1 aliphatic rings. The molecule has 1 rings (SSSR count). The van der Waals surface area contributed by atoms with Crippen LogP contribution in [0.25, 0.3) is 0 Å². The predicted octanol–water partition coefficient (Wildman–Crippen LogP) is 1.66. The minimum atomic E-state index is -0.392. The van der Waals surface area contributed by atoms with Crippen LogP contribution in [0.4, 0.5) is 0 Å². The van der Waals surface area contributed by atoms with E-state index in [1.165, 1.54) is 25.7 Å². The summed E-state index contributed by atoms with van der Waals surface area (Å²) in [7, 11) is 1.66. The van der Waals surface area contributed by atoms with Gasteiger partial charge in [-0.25, -0.2) is 0 Å². The lowest BCUT2D eigenvalue weighted by atomic mass is 10.00. The Balaban J connectivity index is 2.23. The fourth-order valence-electron chi connectivity index (χ4n) is 2.64. The summed E-state index contributed by atoms with van der Waals surface area (Å²) in [5.74, 6) is 0. The third kappa shape index (κ3) is 5.65. The summed E-state index contributed by atoms with van der Waals surface area (Å²) in [6.45, 7) is 7.02. The number of methoxy groups -OCH3 is 1. The van der Waals surface area contributed by atoms with E-state index in [1.807, 2.05) is 6.92 Å². The average molecular weight is 259 g/mol. The second-order valence-corrected chi connectivity index (χ2v) is 5.31. The highest BCUT2D eigenvalue weighted by atomic mass is 16.5. The summed E-state index contributed by atoms with van der Waals surface area (Å²) in [6, 6.07) is 0.643.